The lowest BCUT2D eigenvalue weighted by Gasteiger charge is -2.22. The number of anilines is 4. The van der Waals surface area contributed by atoms with Crippen LogP contribution >= 0.6 is 0 Å². The summed E-state index contributed by atoms with van der Waals surface area (Å²) in [7, 11) is 0. The van der Waals surface area contributed by atoms with Gasteiger partial charge in [-0.15, -0.1) is 0 Å². The predicted octanol–water partition coefficient (Wildman–Crippen LogP) is 2.49. The SMILES string of the molecule is CC(=O)Nc1cccc(Nc2ncc(C(N)=O)c(NC(C)(C)C)n2)c1. The molecule has 0 aliphatic carbocycles. The number of benzene rings is 1. The summed E-state index contributed by atoms with van der Waals surface area (Å²) in [5.41, 5.74) is 6.64. The molecule has 132 valence electrons. The average Bonchev–Trinajstić information content (AvgIpc) is 2.45. The van der Waals surface area contributed by atoms with Crippen molar-refractivity contribution < 1.29 is 9.59 Å². The van der Waals surface area contributed by atoms with Crippen molar-refractivity contribution in [3.05, 3.63) is 36.0 Å². The fraction of sp³-hybridized carbons (Fsp3) is 0.294. The van der Waals surface area contributed by atoms with Gasteiger partial charge in [-0.2, -0.15) is 4.98 Å². The lowest BCUT2D eigenvalue weighted by Crippen LogP contribution is -2.29. The van der Waals surface area contributed by atoms with E-state index in [1.165, 1.54) is 13.1 Å². The van der Waals surface area contributed by atoms with Gasteiger partial charge in [0.15, 0.2) is 0 Å². The molecule has 0 saturated carbocycles. The number of nitrogens with zero attached hydrogens (tertiary/aromatic N) is 2. The van der Waals surface area contributed by atoms with Gasteiger partial charge in [0, 0.05) is 30.0 Å². The Morgan fingerprint density at radius 2 is 1.84 bits per heavy atom. The van der Waals surface area contributed by atoms with Crippen molar-refractivity contribution >= 4 is 35.0 Å². The molecule has 2 amide bonds. The Balaban J connectivity index is 2.29. The summed E-state index contributed by atoms with van der Waals surface area (Å²) in [6.07, 6.45) is 1.38. The van der Waals surface area contributed by atoms with Crippen molar-refractivity contribution in [2.45, 2.75) is 33.2 Å². The molecular formula is C17H22N6O2. The Bertz CT molecular complexity index is 798. The number of carbonyl (C=O) groups is 2. The van der Waals surface area contributed by atoms with E-state index >= 15 is 0 Å². The highest BCUT2D eigenvalue weighted by molar-refractivity contribution is 5.97. The maximum Gasteiger partial charge on any atom is 0.254 e. The van der Waals surface area contributed by atoms with Crippen molar-refractivity contribution in [1.82, 2.24) is 9.97 Å². The number of nitrogens with two attached hydrogens (primary N) is 1. The highest BCUT2D eigenvalue weighted by atomic mass is 16.1. The normalized spacial score (nSPS) is 10.9. The van der Waals surface area contributed by atoms with Gasteiger partial charge in [-0.1, -0.05) is 6.07 Å². The Morgan fingerprint density at radius 3 is 2.44 bits per heavy atom. The molecule has 1 heterocycles. The summed E-state index contributed by atoms with van der Waals surface area (Å²) < 4.78 is 0. The zero-order valence-electron chi connectivity index (χ0n) is 14.7. The maximum absolute atomic E-state index is 11.6. The van der Waals surface area contributed by atoms with Crippen molar-refractivity contribution in [3.63, 3.8) is 0 Å². The number of hydrogen-bond donors (Lipinski definition) is 4. The molecule has 0 aliphatic rings. The van der Waals surface area contributed by atoms with Crippen LogP contribution in [0.25, 0.3) is 0 Å². The van der Waals surface area contributed by atoms with Crippen LogP contribution in [0.5, 0.6) is 0 Å². The molecule has 0 fully saturated rings. The standard InChI is InChI=1S/C17H22N6O2/c1-10(24)20-11-6-5-7-12(8-11)21-16-19-9-13(14(18)25)15(22-16)23-17(2,3)4/h5-9H,1-4H3,(H2,18,25)(H,20,24)(H2,19,21,22,23). The molecule has 0 unspecified atom stereocenters. The number of primary amides is 1. The van der Waals surface area contributed by atoms with E-state index in [1.807, 2.05) is 26.8 Å². The number of carbonyl (C=O) groups excluding carboxylic acids is 2. The van der Waals surface area contributed by atoms with Crippen LogP contribution in [-0.2, 0) is 4.79 Å². The van der Waals surface area contributed by atoms with Gasteiger partial charge in [-0.3, -0.25) is 9.59 Å². The molecule has 0 saturated heterocycles. The minimum Gasteiger partial charge on any atom is -0.365 e. The van der Waals surface area contributed by atoms with E-state index in [0.717, 1.165) is 0 Å². The summed E-state index contributed by atoms with van der Waals surface area (Å²) in [5, 5.41) is 8.89. The van der Waals surface area contributed by atoms with Crippen molar-refractivity contribution in [1.29, 1.82) is 0 Å². The first-order valence-electron chi connectivity index (χ1n) is 7.74. The monoisotopic (exact) mass is 342 g/mol. The first-order valence-corrected chi connectivity index (χ1v) is 7.74. The average molecular weight is 342 g/mol. The van der Waals surface area contributed by atoms with Crippen LogP contribution in [0.15, 0.2) is 30.5 Å². The molecule has 0 aliphatic heterocycles. The highest BCUT2D eigenvalue weighted by Gasteiger charge is 2.17. The summed E-state index contributed by atoms with van der Waals surface area (Å²) in [5.74, 6) is -0.103. The molecule has 25 heavy (non-hydrogen) atoms. The van der Waals surface area contributed by atoms with Gasteiger partial charge < -0.3 is 21.7 Å². The summed E-state index contributed by atoms with van der Waals surface area (Å²) in [6, 6.07) is 7.13. The topological polar surface area (TPSA) is 122 Å². The maximum atomic E-state index is 11.6. The molecular weight excluding hydrogens is 320 g/mol. The second-order valence-electron chi connectivity index (χ2n) is 6.58. The van der Waals surface area contributed by atoms with E-state index in [4.69, 9.17) is 5.73 Å². The highest BCUT2D eigenvalue weighted by Crippen LogP contribution is 2.22. The van der Waals surface area contributed by atoms with Crippen LogP contribution in [0.2, 0.25) is 0 Å². The van der Waals surface area contributed by atoms with E-state index in [2.05, 4.69) is 25.9 Å². The van der Waals surface area contributed by atoms with Crippen LogP contribution in [0.4, 0.5) is 23.1 Å². The third-order valence-corrected chi connectivity index (χ3v) is 2.99. The number of rotatable bonds is 5. The molecule has 1 aromatic heterocycles. The fourth-order valence-corrected chi connectivity index (χ4v) is 2.08. The first-order chi connectivity index (χ1) is 11.6. The number of aromatic nitrogens is 2. The Hall–Kier alpha value is -3.16. The van der Waals surface area contributed by atoms with Gasteiger partial charge in [0.25, 0.3) is 5.91 Å². The molecule has 2 aromatic rings. The molecule has 0 radical (unpaired) electrons. The van der Waals surface area contributed by atoms with E-state index in [-0.39, 0.29) is 17.0 Å². The van der Waals surface area contributed by atoms with Gasteiger partial charge in [0.2, 0.25) is 11.9 Å². The van der Waals surface area contributed by atoms with E-state index in [1.54, 1.807) is 18.2 Å². The van der Waals surface area contributed by atoms with Crippen molar-refractivity contribution in [3.8, 4) is 0 Å². The van der Waals surface area contributed by atoms with Crippen molar-refractivity contribution in [2.24, 2.45) is 5.73 Å². The van der Waals surface area contributed by atoms with Gasteiger partial charge in [0.05, 0.1) is 5.56 Å². The molecule has 1 aromatic carbocycles. The molecule has 2 rings (SSSR count). The van der Waals surface area contributed by atoms with Crippen LogP contribution in [0.3, 0.4) is 0 Å². The zero-order valence-corrected chi connectivity index (χ0v) is 14.7. The second-order valence-corrected chi connectivity index (χ2v) is 6.58. The second kappa shape index (κ2) is 7.16. The van der Waals surface area contributed by atoms with Crippen LogP contribution < -0.4 is 21.7 Å². The lowest BCUT2D eigenvalue weighted by molar-refractivity contribution is -0.114. The Labute approximate surface area is 146 Å². The van der Waals surface area contributed by atoms with Gasteiger partial charge in [-0.05, 0) is 39.0 Å². The molecule has 0 atom stereocenters. The van der Waals surface area contributed by atoms with Gasteiger partial charge >= 0.3 is 0 Å². The molecule has 8 nitrogen and oxygen atoms in total. The molecule has 5 N–H and O–H groups in total. The third kappa shape index (κ3) is 5.45. The van der Waals surface area contributed by atoms with Crippen molar-refractivity contribution in [2.75, 3.05) is 16.0 Å². The Morgan fingerprint density at radius 1 is 1.16 bits per heavy atom. The number of nitrogens with one attached hydrogen (secondary N) is 3. The minimum absolute atomic E-state index is 0.157. The van der Waals surface area contributed by atoms with E-state index in [0.29, 0.717) is 23.1 Å². The smallest absolute Gasteiger partial charge is 0.254 e. The van der Waals surface area contributed by atoms with Gasteiger partial charge in [-0.25, -0.2) is 4.98 Å². The number of hydrogen-bond acceptors (Lipinski definition) is 6. The third-order valence-electron chi connectivity index (χ3n) is 2.99. The predicted molar refractivity (Wildman–Crippen MR) is 98.0 cm³/mol. The summed E-state index contributed by atoms with van der Waals surface area (Å²) in [4.78, 5) is 31.2. The first kappa shape index (κ1) is 18.2. The number of amides is 2. The summed E-state index contributed by atoms with van der Waals surface area (Å²) in [6.45, 7) is 7.29. The van der Waals surface area contributed by atoms with E-state index < -0.39 is 5.91 Å². The lowest BCUT2D eigenvalue weighted by atomic mass is 10.1. The van der Waals surface area contributed by atoms with Crippen LogP contribution in [0, 0.1) is 0 Å². The quantitative estimate of drug-likeness (QED) is 0.662. The van der Waals surface area contributed by atoms with Crippen LogP contribution in [-0.4, -0.2) is 27.3 Å². The van der Waals surface area contributed by atoms with Gasteiger partial charge in [0.1, 0.15) is 5.82 Å². The minimum atomic E-state index is -0.606. The van der Waals surface area contributed by atoms with Crippen LogP contribution in [0.1, 0.15) is 38.1 Å². The molecule has 0 bridgehead atoms. The molecule has 0 spiro atoms. The fourth-order valence-electron chi connectivity index (χ4n) is 2.08. The summed E-state index contributed by atoms with van der Waals surface area (Å²) >= 11 is 0. The Kier molecular flexibility index (Phi) is 5.21. The van der Waals surface area contributed by atoms with E-state index in [9.17, 15) is 9.59 Å². The zero-order chi connectivity index (χ0) is 18.6. The molecule has 8 heteroatoms. The largest absolute Gasteiger partial charge is 0.365 e.